The van der Waals surface area contributed by atoms with Gasteiger partial charge in [0.15, 0.2) is 5.00 Å². The molecule has 1 aromatic heterocycles. The lowest BCUT2D eigenvalue weighted by molar-refractivity contribution is -0.114. The van der Waals surface area contributed by atoms with Crippen LogP contribution < -0.4 is 10.2 Å². The predicted molar refractivity (Wildman–Crippen MR) is 227 cm³/mol. The van der Waals surface area contributed by atoms with E-state index in [1.807, 2.05) is 12.1 Å². The van der Waals surface area contributed by atoms with Crippen LogP contribution in [0.1, 0.15) is 141 Å². The first-order chi connectivity index (χ1) is 26.7. The summed E-state index contributed by atoms with van der Waals surface area (Å²) < 4.78 is 5.57. The standard InChI is InChI=1S/C44H63N7O3S/c1-8-14-17-33(11-4)29-51(30-34(12-5)18-15-9-2)39-24-25-40(41(27-39)46-32(7)52)48-50-43-37(28-45)26-42(55-43)49-47-38-22-20-36(21-23-38)44(53)54-31-35(13-6)19-16-10-3/h20-27,33-35H,8-19,29-31H2,1-7H3,(H,46,52). The van der Waals surface area contributed by atoms with E-state index in [0.717, 1.165) is 57.3 Å². The van der Waals surface area contributed by atoms with Gasteiger partial charge in [-0.2, -0.15) is 5.26 Å². The highest BCUT2D eigenvalue weighted by atomic mass is 32.1. The molecule has 3 unspecified atom stereocenters. The number of hydrogen-bond donors (Lipinski definition) is 1. The lowest BCUT2D eigenvalue weighted by Crippen LogP contribution is -2.34. The van der Waals surface area contributed by atoms with E-state index in [9.17, 15) is 14.9 Å². The summed E-state index contributed by atoms with van der Waals surface area (Å²) in [6, 6.07) is 16.6. The van der Waals surface area contributed by atoms with Crippen molar-refractivity contribution in [3.05, 3.63) is 59.7 Å². The van der Waals surface area contributed by atoms with Crippen molar-refractivity contribution in [2.45, 2.75) is 126 Å². The Balaban J connectivity index is 1.81. The van der Waals surface area contributed by atoms with Crippen LogP contribution in [0.2, 0.25) is 0 Å². The molecule has 0 spiro atoms. The fraction of sp³-hybridized carbons (Fsp3) is 0.568. The lowest BCUT2D eigenvalue weighted by atomic mass is 9.95. The van der Waals surface area contributed by atoms with Crippen molar-refractivity contribution < 1.29 is 14.3 Å². The van der Waals surface area contributed by atoms with Crippen LogP contribution in [0.25, 0.3) is 0 Å². The Kier molecular flexibility index (Phi) is 20.3. The fourth-order valence-corrected chi connectivity index (χ4v) is 7.21. The molecule has 10 nitrogen and oxygen atoms in total. The highest BCUT2D eigenvalue weighted by Gasteiger charge is 2.20. The van der Waals surface area contributed by atoms with Gasteiger partial charge in [0.25, 0.3) is 0 Å². The minimum atomic E-state index is -0.348. The van der Waals surface area contributed by atoms with E-state index in [4.69, 9.17) is 4.74 Å². The Bertz CT molecular complexity index is 1690. The van der Waals surface area contributed by atoms with Crippen molar-refractivity contribution >= 4 is 56.0 Å². The number of esters is 1. The number of nitrogens with zero attached hydrogens (tertiary/aromatic N) is 6. The zero-order chi connectivity index (χ0) is 40.0. The summed E-state index contributed by atoms with van der Waals surface area (Å²) in [6.07, 6.45) is 13.7. The van der Waals surface area contributed by atoms with E-state index in [1.165, 1.54) is 56.8 Å². The van der Waals surface area contributed by atoms with Crippen molar-refractivity contribution in [2.24, 2.45) is 38.2 Å². The van der Waals surface area contributed by atoms with Gasteiger partial charge in [-0.15, -0.1) is 20.5 Å². The molecule has 3 atom stereocenters. The van der Waals surface area contributed by atoms with E-state index >= 15 is 0 Å². The molecule has 1 amide bonds. The zero-order valence-electron chi connectivity index (χ0n) is 34.3. The first-order valence-electron chi connectivity index (χ1n) is 20.5. The average molecular weight is 770 g/mol. The number of carbonyl (C=O) groups excluding carboxylic acids is 2. The number of rotatable bonds is 25. The molecule has 1 N–H and O–H groups in total. The number of nitrogens with one attached hydrogen (secondary N) is 1. The molecular weight excluding hydrogens is 707 g/mol. The van der Waals surface area contributed by atoms with Gasteiger partial charge in [0.05, 0.1) is 29.1 Å². The molecule has 1 heterocycles. The Labute approximate surface area is 333 Å². The fourth-order valence-electron chi connectivity index (χ4n) is 6.46. The molecule has 0 aliphatic carbocycles. The molecular formula is C44H63N7O3S. The average Bonchev–Trinajstić information content (AvgIpc) is 3.60. The van der Waals surface area contributed by atoms with Crippen molar-refractivity contribution in [3.8, 4) is 6.07 Å². The molecule has 0 radical (unpaired) electrons. The highest BCUT2D eigenvalue weighted by molar-refractivity contribution is 7.19. The molecule has 0 saturated carbocycles. The number of azo groups is 2. The van der Waals surface area contributed by atoms with Crippen LogP contribution in [0.5, 0.6) is 0 Å². The van der Waals surface area contributed by atoms with Crippen LogP contribution in [-0.4, -0.2) is 31.6 Å². The van der Waals surface area contributed by atoms with Crippen molar-refractivity contribution in [1.29, 1.82) is 5.26 Å². The van der Waals surface area contributed by atoms with Gasteiger partial charge in [0, 0.05) is 25.7 Å². The quantitative estimate of drug-likeness (QED) is 0.0677. The van der Waals surface area contributed by atoms with Gasteiger partial charge in [0.1, 0.15) is 16.8 Å². The van der Waals surface area contributed by atoms with Crippen molar-refractivity contribution in [1.82, 2.24) is 0 Å². The number of anilines is 2. The predicted octanol–water partition coefficient (Wildman–Crippen LogP) is 14.0. The lowest BCUT2D eigenvalue weighted by Gasteiger charge is -2.33. The maximum Gasteiger partial charge on any atom is 0.338 e. The maximum absolute atomic E-state index is 12.6. The second kappa shape index (κ2) is 24.9. The number of carbonyl (C=O) groups is 2. The number of hydrogen-bond acceptors (Lipinski definition) is 10. The van der Waals surface area contributed by atoms with Crippen LogP contribution in [0, 0.1) is 29.1 Å². The second-order valence-electron chi connectivity index (χ2n) is 14.5. The minimum Gasteiger partial charge on any atom is -0.462 e. The normalized spacial score (nSPS) is 13.1. The third kappa shape index (κ3) is 15.3. The summed E-state index contributed by atoms with van der Waals surface area (Å²) in [5.41, 5.74) is 3.47. The van der Waals surface area contributed by atoms with Crippen LogP contribution in [-0.2, 0) is 9.53 Å². The molecule has 0 saturated heterocycles. The van der Waals surface area contributed by atoms with Crippen molar-refractivity contribution in [2.75, 3.05) is 29.9 Å². The third-order valence-corrected chi connectivity index (χ3v) is 11.0. The highest BCUT2D eigenvalue weighted by Crippen LogP contribution is 2.39. The minimum absolute atomic E-state index is 0.196. The van der Waals surface area contributed by atoms with Gasteiger partial charge in [-0.05, 0) is 85.5 Å². The molecule has 0 aliphatic rings. The number of unbranched alkanes of at least 4 members (excludes halogenated alkanes) is 3. The monoisotopic (exact) mass is 769 g/mol. The number of benzene rings is 2. The summed E-state index contributed by atoms with van der Waals surface area (Å²) >= 11 is 1.19. The van der Waals surface area contributed by atoms with E-state index in [-0.39, 0.29) is 11.9 Å². The van der Waals surface area contributed by atoms with Crippen LogP contribution >= 0.6 is 11.3 Å². The Hall–Kier alpha value is -4.43. The van der Waals surface area contributed by atoms with Gasteiger partial charge in [-0.25, -0.2) is 4.79 Å². The molecule has 0 bridgehead atoms. The van der Waals surface area contributed by atoms with E-state index < -0.39 is 0 Å². The second-order valence-corrected chi connectivity index (χ2v) is 15.5. The molecule has 0 aliphatic heterocycles. The molecule has 3 rings (SSSR count). The Morgan fingerprint density at radius 3 is 1.93 bits per heavy atom. The van der Waals surface area contributed by atoms with Gasteiger partial charge in [-0.3, -0.25) is 4.79 Å². The largest absolute Gasteiger partial charge is 0.462 e. The molecule has 55 heavy (non-hydrogen) atoms. The first kappa shape index (κ1) is 45.0. The van der Waals surface area contributed by atoms with E-state index in [1.54, 1.807) is 30.3 Å². The smallest absolute Gasteiger partial charge is 0.338 e. The molecule has 3 aromatic rings. The number of nitriles is 1. The Morgan fingerprint density at radius 2 is 1.38 bits per heavy atom. The Morgan fingerprint density at radius 1 is 0.782 bits per heavy atom. The summed E-state index contributed by atoms with van der Waals surface area (Å²) in [6.45, 7) is 17.2. The van der Waals surface area contributed by atoms with E-state index in [2.05, 4.69) is 84.4 Å². The zero-order valence-corrected chi connectivity index (χ0v) is 35.1. The molecule has 298 valence electrons. The van der Waals surface area contributed by atoms with Crippen LogP contribution in [0.4, 0.5) is 32.8 Å². The number of amides is 1. The summed E-state index contributed by atoms with van der Waals surface area (Å²) in [5, 5.41) is 31.3. The first-order valence-corrected chi connectivity index (χ1v) is 21.3. The number of thiophene rings is 1. The molecule has 11 heteroatoms. The third-order valence-electron chi connectivity index (χ3n) is 10.1. The van der Waals surface area contributed by atoms with Crippen LogP contribution in [0.3, 0.4) is 0 Å². The van der Waals surface area contributed by atoms with E-state index in [0.29, 0.717) is 62.6 Å². The molecule has 2 aromatic carbocycles. The van der Waals surface area contributed by atoms with Gasteiger partial charge in [-0.1, -0.05) is 111 Å². The van der Waals surface area contributed by atoms with Crippen molar-refractivity contribution in [3.63, 3.8) is 0 Å². The summed E-state index contributed by atoms with van der Waals surface area (Å²) in [7, 11) is 0. The molecule has 0 fully saturated rings. The van der Waals surface area contributed by atoms with Gasteiger partial charge < -0.3 is 15.0 Å². The van der Waals surface area contributed by atoms with Crippen LogP contribution in [0.15, 0.2) is 69.0 Å². The SMILES string of the molecule is CCCCC(CC)COC(=O)c1ccc(N=Nc2cc(C#N)c(N=Nc3ccc(N(CC(CC)CCCC)CC(CC)CCCC)cc3NC(C)=O)s2)cc1. The summed E-state index contributed by atoms with van der Waals surface area (Å²) in [5.74, 6) is 1.00. The van der Waals surface area contributed by atoms with Gasteiger partial charge in [0.2, 0.25) is 5.91 Å². The topological polar surface area (TPSA) is 132 Å². The maximum atomic E-state index is 12.6. The van der Waals surface area contributed by atoms with Gasteiger partial charge >= 0.3 is 5.97 Å². The summed E-state index contributed by atoms with van der Waals surface area (Å²) in [4.78, 5) is 27.5. The number of ether oxygens (including phenoxy) is 1.